The molecule has 4 heteroatoms. The molecule has 35 heavy (non-hydrogen) atoms. The van der Waals surface area contributed by atoms with Gasteiger partial charge in [0.15, 0.2) is 0 Å². The third-order valence-electron chi connectivity index (χ3n) is 8.50. The van der Waals surface area contributed by atoms with Gasteiger partial charge >= 0.3 is 0 Å². The quantitative estimate of drug-likeness (QED) is 0.443. The van der Waals surface area contributed by atoms with Crippen LogP contribution >= 0.6 is 0 Å². The van der Waals surface area contributed by atoms with Gasteiger partial charge < -0.3 is 15.2 Å². The molecule has 1 saturated carbocycles. The standard InChI is InChI=1S/C31H41N3O/c1-23-8-7-11-26(18-23)28(19-31(35)33-16-14-24(20-32)15-17-33)29-22-34(21-25-9-3-2-4-10-25)30-13-6-5-12-27(29)30/h5-8,11-13,18,22,24-25,28H,2-4,9-10,14-17,19-21,32H2,1H3. The van der Waals surface area contributed by atoms with Crippen molar-refractivity contribution >= 4 is 16.8 Å². The maximum absolute atomic E-state index is 13.6. The van der Waals surface area contributed by atoms with Crippen LogP contribution in [0.15, 0.2) is 54.7 Å². The Bertz CT molecular complexity index is 1140. The van der Waals surface area contributed by atoms with Crippen molar-refractivity contribution in [3.8, 4) is 0 Å². The summed E-state index contributed by atoms with van der Waals surface area (Å²) in [6.45, 7) is 5.64. The summed E-state index contributed by atoms with van der Waals surface area (Å²) in [6, 6.07) is 17.6. The van der Waals surface area contributed by atoms with E-state index in [9.17, 15) is 4.79 Å². The van der Waals surface area contributed by atoms with Crippen LogP contribution in [-0.2, 0) is 11.3 Å². The third-order valence-corrected chi connectivity index (χ3v) is 8.50. The van der Waals surface area contributed by atoms with Gasteiger partial charge in [0.2, 0.25) is 5.91 Å². The zero-order chi connectivity index (χ0) is 24.2. The molecule has 1 aliphatic heterocycles. The highest BCUT2D eigenvalue weighted by atomic mass is 16.2. The molecule has 2 fully saturated rings. The van der Waals surface area contributed by atoms with E-state index in [0.717, 1.165) is 44.9 Å². The van der Waals surface area contributed by atoms with E-state index in [1.165, 1.54) is 59.7 Å². The first kappa shape index (κ1) is 24.1. The highest BCUT2D eigenvalue weighted by Gasteiger charge is 2.28. The number of nitrogens with two attached hydrogens (primary N) is 1. The normalized spacial score (nSPS) is 18.7. The molecule has 2 N–H and O–H groups in total. The van der Waals surface area contributed by atoms with Gasteiger partial charge in [-0.25, -0.2) is 0 Å². The number of hydrogen-bond acceptors (Lipinski definition) is 2. The molecule has 1 atom stereocenters. The van der Waals surface area contributed by atoms with E-state index in [2.05, 4.69) is 71.1 Å². The summed E-state index contributed by atoms with van der Waals surface area (Å²) in [4.78, 5) is 15.7. The van der Waals surface area contributed by atoms with Crippen molar-refractivity contribution in [2.45, 2.75) is 70.8 Å². The molecule has 1 aromatic heterocycles. The van der Waals surface area contributed by atoms with Crippen molar-refractivity contribution in [2.75, 3.05) is 19.6 Å². The summed E-state index contributed by atoms with van der Waals surface area (Å²) in [5.74, 6) is 1.66. The number of carbonyl (C=O) groups excluding carboxylic acids is 1. The molecule has 1 saturated heterocycles. The molecule has 4 nitrogen and oxygen atoms in total. The molecule has 3 aromatic rings. The minimum absolute atomic E-state index is 0.0622. The summed E-state index contributed by atoms with van der Waals surface area (Å²) >= 11 is 0. The molecule has 2 heterocycles. The van der Waals surface area contributed by atoms with Crippen molar-refractivity contribution in [3.63, 3.8) is 0 Å². The van der Waals surface area contributed by atoms with Crippen LogP contribution in [0.3, 0.4) is 0 Å². The lowest BCUT2D eigenvalue weighted by Crippen LogP contribution is -2.40. The lowest BCUT2D eigenvalue weighted by atomic mass is 9.86. The number of benzene rings is 2. The number of piperidine rings is 1. The Morgan fingerprint density at radius 2 is 1.74 bits per heavy atom. The molecule has 5 rings (SSSR count). The average Bonchev–Trinajstić information content (AvgIpc) is 3.25. The van der Waals surface area contributed by atoms with Crippen molar-refractivity contribution in [1.82, 2.24) is 9.47 Å². The Balaban J connectivity index is 1.48. The first-order chi connectivity index (χ1) is 17.1. The minimum atomic E-state index is 0.0622. The fourth-order valence-corrected chi connectivity index (χ4v) is 6.37. The zero-order valence-electron chi connectivity index (χ0n) is 21.3. The van der Waals surface area contributed by atoms with Crippen molar-refractivity contribution in [1.29, 1.82) is 0 Å². The van der Waals surface area contributed by atoms with Gasteiger partial charge in [-0.15, -0.1) is 0 Å². The van der Waals surface area contributed by atoms with Gasteiger partial charge in [-0.1, -0.05) is 67.3 Å². The van der Waals surface area contributed by atoms with Crippen LogP contribution in [0.5, 0.6) is 0 Å². The second kappa shape index (κ2) is 11.0. The van der Waals surface area contributed by atoms with Gasteiger partial charge in [0, 0.05) is 49.1 Å². The Kier molecular flexibility index (Phi) is 7.57. The van der Waals surface area contributed by atoms with E-state index >= 15 is 0 Å². The Hall–Kier alpha value is -2.59. The maximum Gasteiger partial charge on any atom is 0.223 e. The lowest BCUT2D eigenvalue weighted by molar-refractivity contribution is -0.132. The first-order valence-electron chi connectivity index (χ1n) is 13.7. The molecular weight excluding hydrogens is 430 g/mol. The van der Waals surface area contributed by atoms with Crippen LogP contribution in [0.25, 0.3) is 10.9 Å². The number of aryl methyl sites for hydroxylation is 1. The Morgan fingerprint density at radius 3 is 2.49 bits per heavy atom. The van der Waals surface area contributed by atoms with E-state index in [0.29, 0.717) is 12.3 Å². The molecule has 0 radical (unpaired) electrons. The van der Waals surface area contributed by atoms with E-state index in [1.807, 2.05) is 0 Å². The summed E-state index contributed by atoms with van der Waals surface area (Å²) in [7, 11) is 0. The number of fused-ring (bicyclic) bond motifs is 1. The number of carbonyl (C=O) groups is 1. The number of para-hydroxylation sites is 1. The number of nitrogens with zero attached hydrogens (tertiary/aromatic N) is 2. The molecule has 1 unspecified atom stereocenters. The highest BCUT2D eigenvalue weighted by molar-refractivity contribution is 5.86. The fourth-order valence-electron chi connectivity index (χ4n) is 6.37. The SMILES string of the molecule is Cc1cccc(C(CC(=O)N2CCC(CN)CC2)c2cn(CC3CCCCC3)c3ccccc23)c1. The number of hydrogen-bond donors (Lipinski definition) is 1. The van der Waals surface area contributed by atoms with Gasteiger partial charge in [-0.2, -0.15) is 0 Å². The van der Waals surface area contributed by atoms with Crippen LogP contribution in [0.2, 0.25) is 0 Å². The van der Waals surface area contributed by atoms with Gasteiger partial charge in [0.05, 0.1) is 0 Å². The summed E-state index contributed by atoms with van der Waals surface area (Å²) in [5.41, 5.74) is 11.0. The van der Waals surface area contributed by atoms with E-state index in [4.69, 9.17) is 5.73 Å². The maximum atomic E-state index is 13.6. The minimum Gasteiger partial charge on any atom is -0.347 e. The largest absolute Gasteiger partial charge is 0.347 e. The van der Waals surface area contributed by atoms with Gasteiger partial charge in [0.25, 0.3) is 0 Å². The predicted molar refractivity (Wildman–Crippen MR) is 145 cm³/mol. The first-order valence-corrected chi connectivity index (χ1v) is 13.7. The van der Waals surface area contributed by atoms with Crippen LogP contribution in [0.1, 0.15) is 74.0 Å². The van der Waals surface area contributed by atoms with Gasteiger partial charge in [-0.05, 0) is 68.2 Å². The second-order valence-corrected chi connectivity index (χ2v) is 11.0. The molecular formula is C31H41N3O. The molecule has 2 aromatic carbocycles. The van der Waals surface area contributed by atoms with Gasteiger partial charge in [-0.3, -0.25) is 4.79 Å². The average molecular weight is 472 g/mol. The molecule has 2 aliphatic rings. The monoisotopic (exact) mass is 471 g/mol. The van der Waals surface area contributed by atoms with Crippen molar-refractivity contribution in [3.05, 3.63) is 71.4 Å². The molecule has 1 aliphatic carbocycles. The van der Waals surface area contributed by atoms with Crippen molar-refractivity contribution < 1.29 is 4.79 Å². The third kappa shape index (κ3) is 5.48. The Morgan fingerprint density at radius 1 is 0.971 bits per heavy atom. The zero-order valence-corrected chi connectivity index (χ0v) is 21.3. The summed E-state index contributed by atoms with van der Waals surface area (Å²) in [6.07, 6.45) is 11.7. The number of rotatable bonds is 7. The Labute approximate surface area is 210 Å². The van der Waals surface area contributed by atoms with E-state index in [1.54, 1.807) is 0 Å². The highest BCUT2D eigenvalue weighted by Crippen LogP contribution is 2.37. The molecule has 186 valence electrons. The second-order valence-electron chi connectivity index (χ2n) is 11.0. The topological polar surface area (TPSA) is 51.3 Å². The molecule has 1 amide bonds. The van der Waals surface area contributed by atoms with Crippen LogP contribution in [-0.4, -0.2) is 35.0 Å². The van der Waals surface area contributed by atoms with Gasteiger partial charge in [0.1, 0.15) is 0 Å². The fraction of sp³-hybridized carbons (Fsp3) is 0.516. The number of aromatic nitrogens is 1. The molecule has 0 spiro atoms. The lowest BCUT2D eigenvalue weighted by Gasteiger charge is -2.32. The van der Waals surface area contributed by atoms with Crippen LogP contribution < -0.4 is 5.73 Å². The number of likely N-dealkylation sites (tertiary alicyclic amines) is 1. The van der Waals surface area contributed by atoms with Crippen molar-refractivity contribution in [2.24, 2.45) is 17.6 Å². The smallest absolute Gasteiger partial charge is 0.223 e. The molecule has 0 bridgehead atoms. The van der Waals surface area contributed by atoms with Crippen LogP contribution in [0.4, 0.5) is 0 Å². The predicted octanol–water partition coefficient (Wildman–Crippen LogP) is 6.25. The number of amides is 1. The summed E-state index contributed by atoms with van der Waals surface area (Å²) < 4.78 is 2.49. The summed E-state index contributed by atoms with van der Waals surface area (Å²) in [5, 5.41) is 1.30. The van der Waals surface area contributed by atoms with E-state index in [-0.39, 0.29) is 11.8 Å². The van der Waals surface area contributed by atoms with Crippen LogP contribution in [0, 0.1) is 18.8 Å². The van der Waals surface area contributed by atoms with E-state index < -0.39 is 0 Å².